The Morgan fingerprint density at radius 2 is 1.50 bits per heavy atom. The van der Waals surface area contributed by atoms with Crippen molar-refractivity contribution in [2.75, 3.05) is 43.0 Å². The van der Waals surface area contributed by atoms with Gasteiger partial charge in [0.1, 0.15) is 24.4 Å². The Hall–Kier alpha value is -1.13. The van der Waals surface area contributed by atoms with Gasteiger partial charge in [0.25, 0.3) is 0 Å². The van der Waals surface area contributed by atoms with Gasteiger partial charge < -0.3 is 35.0 Å². The van der Waals surface area contributed by atoms with Gasteiger partial charge in [0, 0.05) is 43.6 Å². The van der Waals surface area contributed by atoms with Crippen molar-refractivity contribution >= 4 is 34.8 Å². The number of amides is 1. The number of hydrogen-bond donors (Lipinski definition) is 4. The first-order valence-electron chi connectivity index (χ1n) is 15.9. The molecule has 0 radical (unpaired) electrons. The minimum atomic E-state index is -1.33. The highest BCUT2D eigenvalue weighted by Crippen LogP contribution is 2.23. The van der Waals surface area contributed by atoms with Gasteiger partial charge in [-0.2, -0.15) is 0 Å². The maximum absolute atomic E-state index is 12.8. The number of unbranched alkanes of at least 4 members (excludes halogenated alkanes) is 9. The number of aryl methyl sites for hydroxylation is 1. The summed E-state index contributed by atoms with van der Waals surface area (Å²) in [5, 5.41) is 33.5. The van der Waals surface area contributed by atoms with E-state index in [9.17, 15) is 20.1 Å². The van der Waals surface area contributed by atoms with Crippen molar-refractivity contribution in [3.8, 4) is 0 Å². The number of rotatable bonds is 23. The number of hydrogen-bond acceptors (Lipinski definition) is 7. The van der Waals surface area contributed by atoms with E-state index in [4.69, 9.17) is 32.7 Å². The zero-order valence-corrected chi connectivity index (χ0v) is 26.9. The minimum Gasteiger partial charge on any atom is -0.394 e. The topological polar surface area (TPSA) is 111 Å². The fraction of sp³-hybridized carbons (Fsp3) is 0.781. The van der Waals surface area contributed by atoms with E-state index in [0.29, 0.717) is 24.8 Å². The van der Waals surface area contributed by atoms with E-state index in [1.165, 1.54) is 44.9 Å². The predicted octanol–water partition coefficient (Wildman–Crippen LogP) is 5.15. The van der Waals surface area contributed by atoms with E-state index in [1.807, 2.05) is 24.3 Å². The maximum Gasteiger partial charge on any atom is 0.220 e. The molecule has 0 saturated carbocycles. The van der Waals surface area contributed by atoms with Gasteiger partial charge in [-0.3, -0.25) is 4.79 Å². The Morgan fingerprint density at radius 3 is 2.07 bits per heavy atom. The summed E-state index contributed by atoms with van der Waals surface area (Å²) in [6.07, 6.45) is 9.07. The van der Waals surface area contributed by atoms with Gasteiger partial charge in [-0.25, -0.2) is 0 Å². The Bertz CT molecular complexity index is 828. The van der Waals surface area contributed by atoms with E-state index in [0.717, 1.165) is 50.0 Å². The molecule has 10 heteroatoms. The van der Waals surface area contributed by atoms with Crippen LogP contribution < -0.4 is 10.2 Å². The number of alkyl halides is 2. The van der Waals surface area contributed by atoms with Crippen LogP contribution in [0.4, 0.5) is 5.69 Å². The second-order valence-corrected chi connectivity index (χ2v) is 12.0. The summed E-state index contributed by atoms with van der Waals surface area (Å²) in [6.45, 7) is 3.64. The van der Waals surface area contributed by atoms with Crippen molar-refractivity contribution in [1.82, 2.24) is 5.32 Å². The molecule has 1 aromatic rings. The van der Waals surface area contributed by atoms with Gasteiger partial charge in [-0.15, -0.1) is 23.2 Å². The SMILES string of the molecule is CCCCCCCCCCCCO[C@@H]1O[C@H](CO)[C@@H](O)[C@H](O)[C@H]1NC(=O)CCCc1ccc(N(CCCl)CCCl)cc1. The Morgan fingerprint density at radius 1 is 0.905 bits per heavy atom. The van der Waals surface area contributed by atoms with Crippen LogP contribution in [0.5, 0.6) is 0 Å². The lowest BCUT2D eigenvalue weighted by Crippen LogP contribution is -2.64. The number of benzene rings is 1. The number of nitrogens with one attached hydrogen (secondary N) is 1. The molecule has 1 fully saturated rings. The Kier molecular flexibility index (Phi) is 19.8. The fourth-order valence-electron chi connectivity index (χ4n) is 5.33. The summed E-state index contributed by atoms with van der Waals surface area (Å²) in [6, 6.07) is 7.25. The third-order valence-electron chi connectivity index (χ3n) is 7.87. The second-order valence-electron chi connectivity index (χ2n) is 11.2. The highest BCUT2D eigenvalue weighted by molar-refractivity contribution is 6.18. The Balaban J connectivity index is 1.77. The smallest absolute Gasteiger partial charge is 0.220 e. The molecule has 1 aliphatic heterocycles. The number of carbonyl (C=O) groups excluding carboxylic acids is 1. The zero-order chi connectivity index (χ0) is 30.6. The summed E-state index contributed by atoms with van der Waals surface area (Å²) < 4.78 is 11.7. The largest absolute Gasteiger partial charge is 0.394 e. The third kappa shape index (κ3) is 13.7. The fourth-order valence-corrected chi connectivity index (χ4v) is 5.73. The molecule has 1 saturated heterocycles. The van der Waals surface area contributed by atoms with E-state index in [-0.39, 0.29) is 12.3 Å². The van der Waals surface area contributed by atoms with Crippen molar-refractivity contribution in [3.63, 3.8) is 0 Å². The first kappa shape index (κ1) is 37.1. The average molecular weight is 634 g/mol. The number of halogens is 2. The average Bonchev–Trinajstić information content (AvgIpc) is 2.99. The zero-order valence-electron chi connectivity index (χ0n) is 25.4. The number of nitrogens with zero attached hydrogens (tertiary/aromatic N) is 1. The molecule has 0 aromatic heterocycles. The summed E-state index contributed by atoms with van der Waals surface area (Å²) in [5.74, 6) is 0.797. The van der Waals surface area contributed by atoms with Crippen LogP contribution in [0, 0.1) is 0 Å². The van der Waals surface area contributed by atoms with Gasteiger partial charge in [0.05, 0.1) is 6.61 Å². The van der Waals surface area contributed by atoms with Crippen LogP contribution in [0.1, 0.15) is 89.5 Å². The van der Waals surface area contributed by atoms with Crippen LogP contribution in [0.2, 0.25) is 0 Å². The quantitative estimate of drug-likeness (QED) is 0.0974. The highest BCUT2D eigenvalue weighted by Gasteiger charge is 2.45. The van der Waals surface area contributed by atoms with Crippen LogP contribution in [-0.4, -0.2) is 89.9 Å². The molecule has 0 unspecified atom stereocenters. The number of aliphatic hydroxyl groups excluding tert-OH is 3. The molecule has 0 bridgehead atoms. The van der Waals surface area contributed by atoms with Gasteiger partial charge in [0.15, 0.2) is 6.29 Å². The lowest BCUT2D eigenvalue weighted by Gasteiger charge is -2.42. The molecule has 0 spiro atoms. The number of anilines is 1. The summed E-state index contributed by atoms with van der Waals surface area (Å²) in [7, 11) is 0. The molecule has 1 amide bonds. The normalized spacial score (nSPS) is 22.3. The van der Waals surface area contributed by atoms with Gasteiger partial charge in [-0.1, -0.05) is 76.8 Å². The predicted molar refractivity (Wildman–Crippen MR) is 171 cm³/mol. The lowest BCUT2D eigenvalue weighted by atomic mass is 9.96. The van der Waals surface area contributed by atoms with E-state index >= 15 is 0 Å². The van der Waals surface area contributed by atoms with Crippen molar-refractivity contribution in [2.24, 2.45) is 0 Å². The number of ether oxygens (including phenoxy) is 2. The standard InChI is InChI=1S/C32H54Cl2N2O6/c1-2-3-4-5-6-7-8-9-10-11-23-41-32-29(31(40)30(39)27(24-37)42-32)35-28(38)14-12-13-25-15-17-26(18-16-25)36(21-19-33)22-20-34/h15-18,27,29-32,37,39-40H,2-14,19-24H2,1H3,(H,35,38)/t27-,29-,30-,31-,32-/m1/s1. The molecule has 8 nitrogen and oxygen atoms in total. The summed E-state index contributed by atoms with van der Waals surface area (Å²) >= 11 is 11.8. The van der Waals surface area contributed by atoms with Crippen LogP contribution in [0.25, 0.3) is 0 Å². The van der Waals surface area contributed by atoms with Gasteiger partial charge in [-0.05, 0) is 37.0 Å². The van der Waals surface area contributed by atoms with Crippen molar-refractivity contribution in [2.45, 2.75) is 121 Å². The van der Waals surface area contributed by atoms with Crippen LogP contribution in [0.3, 0.4) is 0 Å². The molecule has 242 valence electrons. The van der Waals surface area contributed by atoms with E-state index in [1.54, 1.807) is 0 Å². The van der Waals surface area contributed by atoms with Gasteiger partial charge in [0.2, 0.25) is 5.91 Å². The van der Waals surface area contributed by atoms with E-state index < -0.39 is 37.3 Å². The maximum atomic E-state index is 12.8. The first-order chi connectivity index (χ1) is 20.4. The van der Waals surface area contributed by atoms with Crippen molar-refractivity contribution in [3.05, 3.63) is 29.8 Å². The summed E-state index contributed by atoms with van der Waals surface area (Å²) in [4.78, 5) is 14.9. The van der Waals surface area contributed by atoms with Crippen LogP contribution in [0.15, 0.2) is 24.3 Å². The van der Waals surface area contributed by atoms with Crippen LogP contribution >= 0.6 is 23.2 Å². The monoisotopic (exact) mass is 632 g/mol. The molecule has 42 heavy (non-hydrogen) atoms. The highest BCUT2D eigenvalue weighted by atomic mass is 35.5. The molecule has 1 aromatic carbocycles. The molecule has 0 aliphatic carbocycles. The Labute approximate surface area is 263 Å². The lowest BCUT2D eigenvalue weighted by molar-refractivity contribution is -0.270. The molecular weight excluding hydrogens is 579 g/mol. The third-order valence-corrected chi connectivity index (χ3v) is 8.21. The second kappa shape index (κ2) is 22.4. The molecule has 2 rings (SSSR count). The van der Waals surface area contributed by atoms with Crippen molar-refractivity contribution < 1.29 is 29.6 Å². The molecule has 4 N–H and O–H groups in total. The minimum absolute atomic E-state index is 0.250. The molecule has 5 atom stereocenters. The molecule has 1 heterocycles. The number of aliphatic hydroxyl groups is 3. The number of carbonyl (C=O) groups is 1. The molecular formula is C32H54Cl2N2O6. The first-order valence-corrected chi connectivity index (χ1v) is 17.0. The molecule has 1 aliphatic rings. The van der Waals surface area contributed by atoms with Crippen molar-refractivity contribution in [1.29, 1.82) is 0 Å². The summed E-state index contributed by atoms with van der Waals surface area (Å²) in [5.41, 5.74) is 2.18. The van der Waals surface area contributed by atoms with Gasteiger partial charge >= 0.3 is 0 Å². The van der Waals surface area contributed by atoms with E-state index in [2.05, 4.69) is 17.1 Å². The van der Waals surface area contributed by atoms with Crippen LogP contribution in [-0.2, 0) is 20.7 Å².